The van der Waals surface area contributed by atoms with Gasteiger partial charge in [-0.05, 0) is 25.8 Å². The molecule has 2 rings (SSSR count). The average Bonchev–Trinajstić information content (AvgIpc) is 3.11. The highest BCUT2D eigenvalue weighted by atomic mass is 16.3. The van der Waals surface area contributed by atoms with E-state index in [1.165, 1.54) is 0 Å². The molecular formula is C16H25N5O2. The quantitative estimate of drug-likeness (QED) is 0.843. The largest absolute Gasteiger partial charge is 0.383 e. The van der Waals surface area contributed by atoms with Crippen molar-refractivity contribution in [2.75, 3.05) is 6.54 Å². The lowest BCUT2D eigenvalue weighted by molar-refractivity contribution is 0.0523. The molecule has 126 valence electrons. The fourth-order valence-electron chi connectivity index (χ4n) is 2.29. The maximum Gasteiger partial charge on any atom is 0.269 e. The van der Waals surface area contributed by atoms with Crippen LogP contribution in [-0.4, -0.2) is 37.1 Å². The molecule has 0 aliphatic carbocycles. The number of nitrogens with one attached hydrogen (secondary N) is 1. The van der Waals surface area contributed by atoms with Gasteiger partial charge in [-0.15, -0.1) is 0 Å². The first-order valence-electron chi connectivity index (χ1n) is 7.82. The number of hydrogen-bond acceptors (Lipinski definition) is 4. The van der Waals surface area contributed by atoms with E-state index >= 15 is 0 Å². The molecule has 1 atom stereocenters. The molecule has 2 aromatic rings. The van der Waals surface area contributed by atoms with Crippen LogP contribution in [0.4, 0.5) is 0 Å². The molecule has 0 aliphatic heterocycles. The number of amides is 1. The highest BCUT2D eigenvalue weighted by Gasteiger charge is 2.26. The first-order chi connectivity index (χ1) is 10.7. The zero-order chi connectivity index (χ0) is 17.2. The molecule has 0 spiro atoms. The van der Waals surface area contributed by atoms with E-state index in [4.69, 9.17) is 0 Å². The summed E-state index contributed by atoms with van der Waals surface area (Å²) >= 11 is 0. The van der Waals surface area contributed by atoms with Gasteiger partial charge in [0.05, 0.1) is 18.4 Å². The Labute approximate surface area is 136 Å². The summed E-state index contributed by atoms with van der Waals surface area (Å²) in [6, 6.07) is 1.81. The highest BCUT2D eigenvalue weighted by molar-refractivity contribution is 5.92. The summed E-state index contributed by atoms with van der Waals surface area (Å²) in [5, 5.41) is 21.8. The zero-order valence-corrected chi connectivity index (χ0v) is 14.4. The third-order valence-corrected chi connectivity index (χ3v) is 3.84. The van der Waals surface area contributed by atoms with E-state index in [9.17, 15) is 9.90 Å². The second kappa shape index (κ2) is 6.54. The highest BCUT2D eigenvalue weighted by Crippen LogP contribution is 2.19. The van der Waals surface area contributed by atoms with Crippen molar-refractivity contribution in [2.45, 2.75) is 45.8 Å². The average molecular weight is 319 g/mol. The van der Waals surface area contributed by atoms with Gasteiger partial charge in [0.1, 0.15) is 11.3 Å². The van der Waals surface area contributed by atoms with E-state index in [0.29, 0.717) is 17.8 Å². The standard InChI is InChI=1S/C16H25N5O2/c1-6-21-14(7-13(19-21)11(2)3)15(22)17-10-16(4,23)12-8-18-20(5)9-12/h7-9,11,23H,6,10H2,1-5H3,(H,17,22). The Morgan fingerprint density at radius 3 is 2.70 bits per heavy atom. The minimum atomic E-state index is -1.18. The Morgan fingerprint density at radius 1 is 1.48 bits per heavy atom. The second-order valence-electron chi connectivity index (χ2n) is 6.28. The van der Waals surface area contributed by atoms with Gasteiger partial charge < -0.3 is 10.4 Å². The lowest BCUT2D eigenvalue weighted by Gasteiger charge is -2.22. The van der Waals surface area contributed by atoms with Gasteiger partial charge in [-0.2, -0.15) is 10.2 Å². The summed E-state index contributed by atoms with van der Waals surface area (Å²) < 4.78 is 3.30. The molecule has 0 aliphatic rings. The summed E-state index contributed by atoms with van der Waals surface area (Å²) in [4.78, 5) is 12.4. The van der Waals surface area contributed by atoms with Crippen LogP contribution in [0.5, 0.6) is 0 Å². The monoisotopic (exact) mass is 319 g/mol. The van der Waals surface area contributed by atoms with Crippen LogP contribution in [0.3, 0.4) is 0 Å². The van der Waals surface area contributed by atoms with Crippen molar-refractivity contribution >= 4 is 5.91 Å². The molecule has 2 heterocycles. The topological polar surface area (TPSA) is 85.0 Å². The van der Waals surface area contributed by atoms with Crippen LogP contribution < -0.4 is 5.32 Å². The van der Waals surface area contributed by atoms with Crippen molar-refractivity contribution in [3.8, 4) is 0 Å². The molecule has 0 saturated heterocycles. The van der Waals surface area contributed by atoms with Gasteiger partial charge in [0, 0.05) is 25.4 Å². The number of carbonyl (C=O) groups is 1. The van der Waals surface area contributed by atoms with Crippen molar-refractivity contribution in [3.05, 3.63) is 35.4 Å². The molecule has 0 aromatic carbocycles. The van der Waals surface area contributed by atoms with Crippen molar-refractivity contribution in [1.29, 1.82) is 0 Å². The Bertz CT molecular complexity index is 684. The summed E-state index contributed by atoms with van der Waals surface area (Å²) in [6.45, 7) is 8.40. The Balaban J connectivity index is 2.10. The van der Waals surface area contributed by atoms with Gasteiger partial charge >= 0.3 is 0 Å². The van der Waals surface area contributed by atoms with E-state index in [0.717, 1.165) is 5.69 Å². The van der Waals surface area contributed by atoms with E-state index in [2.05, 4.69) is 15.5 Å². The molecule has 7 heteroatoms. The van der Waals surface area contributed by atoms with Crippen LogP contribution in [0.2, 0.25) is 0 Å². The first-order valence-corrected chi connectivity index (χ1v) is 7.82. The fraction of sp³-hybridized carbons (Fsp3) is 0.562. The Kier molecular flexibility index (Phi) is 4.89. The van der Waals surface area contributed by atoms with Crippen LogP contribution in [-0.2, 0) is 19.2 Å². The number of aryl methyl sites for hydroxylation is 2. The number of rotatable bonds is 6. The molecule has 0 bridgehead atoms. The second-order valence-corrected chi connectivity index (χ2v) is 6.28. The molecule has 0 fully saturated rings. The van der Waals surface area contributed by atoms with Gasteiger partial charge in [0.25, 0.3) is 5.91 Å². The molecule has 0 radical (unpaired) electrons. The van der Waals surface area contributed by atoms with Gasteiger partial charge in [0.2, 0.25) is 0 Å². The lowest BCUT2D eigenvalue weighted by atomic mass is 10.00. The van der Waals surface area contributed by atoms with Crippen molar-refractivity contribution in [3.63, 3.8) is 0 Å². The number of nitrogens with zero attached hydrogens (tertiary/aromatic N) is 4. The maximum atomic E-state index is 12.4. The SMILES string of the molecule is CCn1nc(C(C)C)cc1C(=O)NCC(C)(O)c1cnn(C)c1. The summed E-state index contributed by atoms with van der Waals surface area (Å²) in [5.74, 6) is 0.0169. The van der Waals surface area contributed by atoms with Crippen LogP contribution in [0, 0.1) is 0 Å². The fourth-order valence-corrected chi connectivity index (χ4v) is 2.29. The van der Waals surface area contributed by atoms with E-state index in [1.54, 1.807) is 35.7 Å². The van der Waals surface area contributed by atoms with E-state index < -0.39 is 5.60 Å². The van der Waals surface area contributed by atoms with E-state index in [-0.39, 0.29) is 18.4 Å². The minimum absolute atomic E-state index is 0.101. The van der Waals surface area contributed by atoms with Crippen LogP contribution in [0.25, 0.3) is 0 Å². The molecule has 2 N–H and O–H groups in total. The molecule has 23 heavy (non-hydrogen) atoms. The lowest BCUT2D eigenvalue weighted by Crippen LogP contribution is -2.39. The predicted molar refractivity (Wildman–Crippen MR) is 87.1 cm³/mol. The van der Waals surface area contributed by atoms with Crippen molar-refractivity contribution < 1.29 is 9.90 Å². The van der Waals surface area contributed by atoms with Crippen molar-refractivity contribution in [1.82, 2.24) is 24.9 Å². The van der Waals surface area contributed by atoms with Crippen molar-refractivity contribution in [2.24, 2.45) is 7.05 Å². The number of aliphatic hydroxyl groups is 1. The van der Waals surface area contributed by atoms with Gasteiger partial charge in [0.15, 0.2) is 0 Å². The van der Waals surface area contributed by atoms with Gasteiger partial charge in [-0.1, -0.05) is 13.8 Å². The number of aromatic nitrogens is 4. The molecule has 2 aromatic heterocycles. The molecular weight excluding hydrogens is 294 g/mol. The maximum absolute atomic E-state index is 12.4. The van der Waals surface area contributed by atoms with Crippen LogP contribution >= 0.6 is 0 Å². The van der Waals surface area contributed by atoms with Crippen LogP contribution in [0.1, 0.15) is 55.4 Å². The Hall–Kier alpha value is -2.15. The summed E-state index contributed by atoms with van der Waals surface area (Å²) in [7, 11) is 1.78. The Morgan fingerprint density at radius 2 is 2.17 bits per heavy atom. The van der Waals surface area contributed by atoms with Gasteiger partial charge in [-0.3, -0.25) is 14.2 Å². The van der Waals surface area contributed by atoms with E-state index in [1.807, 2.05) is 26.8 Å². The van der Waals surface area contributed by atoms with Crippen LogP contribution in [0.15, 0.2) is 18.5 Å². The van der Waals surface area contributed by atoms with Gasteiger partial charge in [-0.25, -0.2) is 0 Å². The summed E-state index contributed by atoms with van der Waals surface area (Å²) in [5.41, 5.74) is 0.878. The smallest absolute Gasteiger partial charge is 0.269 e. The number of hydrogen-bond donors (Lipinski definition) is 2. The predicted octanol–water partition coefficient (Wildman–Crippen LogP) is 1.40. The molecule has 0 saturated carbocycles. The first kappa shape index (κ1) is 17.2. The molecule has 1 amide bonds. The third-order valence-electron chi connectivity index (χ3n) is 3.84. The number of carbonyl (C=O) groups excluding carboxylic acids is 1. The molecule has 7 nitrogen and oxygen atoms in total. The molecule has 1 unspecified atom stereocenters. The zero-order valence-electron chi connectivity index (χ0n) is 14.4. The third kappa shape index (κ3) is 3.79. The normalized spacial score (nSPS) is 14.0. The minimum Gasteiger partial charge on any atom is -0.383 e. The summed E-state index contributed by atoms with van der Waals surface area (Å²) in [6.07, 6.45) is 3.33.